The molecule has 1 aromatic rings. The van der Waals surface area contributed by atoms with Crippen LogP contribution in [0.4, 0.5) is 0 Å². The molecule has 0 spiro atoms. The highest BCUT2D eigenvalue weighted by Crippen LogP contribution is 2.16. The number of aromatic nitrogens is 1. The lowest BCUT2D eigenvalue weighted by Crippen LogP contribution is -2.44. The Morgan fingerprint density at radius 3 is 2.75 bits per heavy atom. The van der Waals surface area contributed by atoms with E-state index in [0.717, 1.165) is 18.4 Å². The standard InChI is InChI=1S/C13H21N3O3S/c1-19-13-11(4-3-7-14-13)10-15-12-5-8-16(9-6-12)20(2,17)18/h3-4,7,12,15H,5-6,8-10H2,1-2H3. The number of sulfonamides is 1. The summed E-state index contributed by atoms with van der Waals surface area (Å²) in [7, 11) is -1.44. The van der Waals surface area contributed by atoms with Gasteiger partial charge in [0.2, 0.25) is 15.9 Å². The molecule has 20 heavy (non-hydrogen) atoms. The second-order valence-electron chi connectivity index (χ2n) is 4.99. The lowest BCUT2D eigenvalue weighted by atomic mass is 10.1. The average Bonchev–Trinajstić information content (AvgIpc) is 2.45. The Hall–Kier alpha value is -1.18. The molecule has 1 aliphatic rings. The third kappa shape index (κ3) is 3.91. The number of methoxy groups -OCH3 is 1. The fourth-order valence-electron chi connectivity index (χ4n) is 2.39. The number of hydrogen-bond acceptors (Lipinski definition) is 5. The molecule has 1 aromatic heterocycles. The fourth-order valence-corrected chi connectivity index (χ4v) is 3.26. The molecule has 2 heterocycles. The number of ether oxygens (including phenoxy) is 1. The van der Waals surface area contributed by atoms with E-state index >= 15 is 0 Å². The lowest BCUT2D eigenvalue weighted by molar-refractivity contribution is 0.288. The predicted molar refractivity (Wildman–Crippen MR) is 77.1 cm³/mol. The first-order valence-electron chi connectivity index (χ1n) is 6.67. The zero-order chi connectivity index (χ0) is 14.6. The maximum atomic E-state index is 11.4. The number of pyridine rings is 1. The minimum Gasteiger partial charge on any atom is -0.481 e. The van der Waals surface area contributed by atoms with Crippen molar-refractivity contribution < 1.29 is 13.2 Å². The number of nitrogens with one attached hydrogen (secondary N) is 1. The van der Waals surface area contributed by atoms with Crippen LogP contribution in [0.15, 0.2) is 18.3 Å². The Kier molecular flexibility index (Phi) is 4.95. The highest BCUT2D eigenvalue weighted by Gasteiger charge is 2.24. The van der Waals surface area contributed by atoms with Crippen molar-refractivity contribution in [2.75, 3.05) is 26.5 Å². The second kappa shape index (κ2) is 6.51. The Labute approximate surface area is 120 Å². The van der Waals surface area contributed by atoms with Crippen LogP contribution in [0.5, 0.6) is 5.88 Å². The molecule has 6 nitrogen and oxygen atoms in total. The van der Waals surface area contributed by atoms with E-state index in [0.29, 0.717) is 31.6 Å². The highest BCUT2D eigenvalue weighted by atomic mass is 32.2. The third-order valence-corrected chi connectivity index (χ3v) is 4.85. The molecule has 7 heteroatoms. The Bertz CT molecular complexity index is 540. The second-order valence-corrected chi connectivity index (χ2v) is 6.97. The van der Waals surface area contributed by atoms with Crippen molar-refractivity contribution in [3.8, 4) is 5.88 Å². The van der Waals surface area contributed by atoms with Crippen LogP contribution in [0.25, 0.3) is 0 Å². The highest BCUT2D eigenvalue weighted by molar-refractivity contribution is 7.88. The first-order valence-corrected chi connectivity index (χ1v) is 8.52. The van der Waals surface area contributed by atoms with E-state index in [9.17, 15) is 8.42 Å². The largest absolute Gasteiger partial charge is 0.481 e. The van der Waals surface area contributed by atoms with Crippen molar-refractivity contribution in [1.82, 2.24) is 14.6 Å². The molecule has 1 saturated heterocycles. The molecule has 2 rings (SSSR count). The molecule has 0 saturated carbocycles. The van der Waals surface area contributed by atoms with E-state index in [2.05, 4.69) is 10.3 Å². The van der Waals surface area contributed by atoms with Crippen LogP contribution in [0.1, 0.15) is 18.4 Å². The van der Waals surface area contributed by atoms with E-state index < -0.39 is 10.0 Å². The summed E-state index contributed by atoms with van der Waals surface area (Å²) in [4.78, 5) is 4.16. The Morgan fingerprint density at radius 2 is 2.15 bits per heavy atom. The summed E-state index contributed by atoms with van der Waals surface area (Å²) in [5.74, 6) is 0.633. The Balaban J connectivity index is 1.85. The van der Waals surface area contributed by atoms with Crippen molar-refractivity contribution >= 4 is 10.0 Å². The quantitative estimate of drug-likeness (QED) is 0.862. The van der Waals surface area contributed by atoms with E-state index in [-0.39, 0.29) is 0 Å². The van der Waals surface area contributed by atoms with Crippen molar-refractivity contribution in [2.45, 2.75) is 25.4 Å². The minimum absolute atomic E-state index is 0.331. The molecule has 1 fully saturated rings. The summed E-state index contributed by atoms with van der Waals surface area (Å²) < 4.78 is 29.6. The molecule has 0 amide bonds. The van der Waals surface area contributed by atoms with Gasteiger partial charge in [-0.2, -0.15) is 0 Å². The number of nitrogens with zero attached hydrogens (tertiary/aromatic N) is 2. The minimum atomic E-state index is -3.05. The maximum Gasteiger partial charge on any atom is 0.217 e. The monoisotopic (exact) mass is 299 g/mol. The zero-order valence-electron chi connectivity index (χ0n) is 11.9. The summed E-state index contributed by atoms with van der Waals surface area (Å²) in [6.45, 7) is 1.85. The van der Waals surface area contributed by atoms with E-state index in [4.69, 9.17) is 4.74 Å². The number of rotatable bonds is 5. The molecule has 0 aromatic carbocycles. The van der Waals surface area contributed by atoms with Gasteiger partial charge in [0.1, 0.15) is 0 Å². The lowest BCUT2D eigenvalue weighted by Gasteiger charge is -2.30. The van der Waals surface area contributed by atoms with Crippen LogP contribution in [0.2, 0.25) is 0 Å². The van der Waals surface area contributed by atoms with Crippen LogP contribution in [0, 0.1) is 0 Å². The number of piperidine rings is 1. The molecule has 1 aliphatic heterocycles. The van der Waals surface area contributed by atoms with Gasteiger partial charge in [-0.15, -0.1) is 0 Å². The van der Waals surface area contributed by atoms with Gasteiger partial charge in [0.05, 0.1) is 13.4 Å². The Morgan fingerprint density at radius 1 is 1.45 bits per heavy atom. The van der Waals surface area contributed by atoms with Crippen molar-refractivity contribution in [1.29, 1.82) is 0 Å². The summed E-state index contributed by atoms with van der Waals surface area (Å²) in [5.41, 5.74) is 1.01. The van der Waals surface area contributed by atoms with Crippen LogP contribution < -0.4 is 10.1 Å². The summed E-state index contributed by atoms with van der Waals surface area (Å²) >= 11 is 0. The van der Waals surface area contributed by atoms with Gasteiger partial charge >= 0.3 is 0 Å². The van der Waals surface area contributed by atoms with Gasteiger partial charge in [-0.1, -0.05) is 6.07 Å². The van der Waals surface area contributed by atoms with Gasteiger partial charge in [-0.25, -0.2) is 17.7 Å². The molecular weight excluding hydrogens is 278 g/mol. The molecule has 112 valence electrons. The smallest absolute Gasteiger partial charge is 0.217 e. The first kappa shape index (κ1) is 15.2. The van der Waals surface area contributed by atoms with E-state index in [1.165, 1.54) is 10.6 Å². The summed E-state index contributed by atoms with van der Waals surface area (Å²) in [6.07, 6.45) is 4.62. The predicted octanol–water partition coefficient (Wildman–Crippen LogP) is 0.604. The molecule has 0 radical (unpaired) electrons. The normalized spacial score (nSPS) is 18.1. The fraction of sp³-hybridized carbons (Fsp3) is 0.615. The summed E-state index contributed by atoms with van der Waals surface area (Å²) in [5, 5.41) is 3.44. The van der Waals surface area contributed by atoms with Crippen LogP contribution >= 0.6 is 0 Å². The SMILES string of the molecule is COc1ncccc1CNC1CCN(S(C)(=O)=O)CC1. The van der Waals surface area contributed by atoms with Crippen LogP contribution in [-0.4, -0.2) is 50.2 Å². The van der Waals surface area contributed by atoms with Crippen LogP contribution in [0.3, 0.4) is 0 Å². The van der Waals surface area contributed by atoms with Gasteiger partial charge in [-0.3, -0.25) is 0 Å². The van der Waals surface area contributed by atoms with Crippen LogP contribution in [-0.2, 0) is 16.6 Å². The van der Waals surface area contributed by atoms with E-state index in [1.807, 2.05) is 12.1 Å². The van der Waals surface area contributed by atoms with Gasteiger partial charge in [-0.05, 0) is 18.9 Å². The van der Waals surface area contributed by atoms with Gasteiger partial charge in [0.15, 0.2) is 0 Å². The topological polar surface area (TPSA) is 71.5 Å². The van der Waals surface area contributed by atoms with Crippen molar-refractivity contribution in [3.63, 3.8) is 0 Å². The molecule has 0 bridgehead atoms. The number of hydrogen-bond donors (Lipinski definition) is 1. The molecule has 0 atom stereocenters. The van der Waals surface area contributed by atoms with E-state index in [1.54, 1.807) is 13.3 Å². The molecule has 0 aliphatic carbocycles. The molecular formula is C13H21N3O3S. The van der Waals surface area contributed by atoms with Gasteiger partial charge < -0.3 is 10.1 Å². The van der Waals surface area contributed by atoms with Crippen molar-refractivity contribution in [3.05, 3.63) is 23.9 Å². The zero-order valence-corrected chi connectivity index (χ0v) is 12.7. The maximum absolute atomic E-state index is 11.4. The molecule has 0 unspecified atom stereocenters. The van der Waals surface area contributed by atoms with Gasteiger partial charge in [0, 0.05) is 37.4 Å². The third-order valence-electron chi connectivity index (χ3n) is 3.55. The van der Waals surface area contributed by atoms with Crippen molar-refractivity contribution in [2.24, 2.45) is 0 Å². The molecule has 1 N–H and O–H groups in total. The van der Waals surface area contributed by atoms with Gasteiger partial charge in [0.25, 0.3) is 0 Å². The first-order chi connectivity index (χ1) is 9.50. The average molecular weight is 299 g/mol. The summed E-state index contributed by atoms with van der Waals surface area (Å²) in [6, 6.07) is 4.19.